The lowest BCUT2D eigenvalue weighted by atomic mass is 10.2. The maximum absolute atomic E-state index is 13.0. The van der Waals surface area contributed by atoms with Crippen molar-refractivity contribution in [2.24, 2.45) is 0 Å². The lowest BCUT2D eigenvalue weighted by molar-refractivity contribution is 0.0712. The number of hydrogen-bond donors (Lipinski definition) is 0. The maximum Gasteiger partial charge on any atom is 0.258 e. The number of aryl methyl sites for hydroxylation is 2. The van der Waals surface area contributed by atoms with Gasteiger partial charge in [-0.1, -0.05) is 23.7 Å². The van der Waals surface area contributed by atoms with Gasteiger partial charge < -0.3 is 13.7 Å². The van der Waals surface area contributed by atoms with E-state index in [0.29, 0.717) is 33.7 Å². The minimum atomic E-state index is -0.0701. The number of aromatic nitrogens is 2. The normalized spacial score (nSPS) is 13.8. The predicted molar refractivity (Wildman–Crippen MR) is 95.8 cm³/mol. The highest BCUT2D eigenvalue weighted by Crippen LogP contribution is 2.32. The van der Waals surface area contributed by atoms with Crippen LogP contribution in [0, 0.1) is 13.8 Å². The van der Waals surface area contributed by atoms with E-state index in [1.54, 1.807) is 24.0 Å². The molecule has 1 saturated carbocycles. The monoisotopic (exact) mass is 371 g/mol. The third-order valence-electron chi connectivity index (χ3n) is 4.40. The van der Waals surface area contributed by atoms with Gasteiger partial charge in [0.05, 0.1) is 22.7 Å². The molecule has 1 amide bonds. The largest absolute Gasteiger partial charge is 0.466 e. The summed E-state index contributed by atoms with van der Waals surface area (Å²) < 4.78 is 11.3. The van der Waals surface area contributed by atoms with Crippen LogP contribution in [0.2, 0.25) is 5.02 Å². The van der Waals surface area contributed by atoms with Crippen molar-refractivity contribution >= 4 is 17.5 Å². The Labute approximate surface area is 155 Å². The number of carbonyl (C=O) groups excluding carboxylic acids is 1. The van der Waals surface area contributed by atoms with E-state index in [1.807, 2.05) is 25.1 Å². The average molecular weight is 372 g/mol. The Morgan fingerprint density at radius 1 is 1.23 bits per heavy atom. The van der Waals surface area contributed by atoms with Gasteiger partial charge in [0.25, 0.3) is 5.91 Å². The number of nitrogens with zero attached hydrogens (tertiary/aromatic N) is 3. The van der Waals surface area contributed by atoms with Gasteiger partial charge in [-0.05, 0) is 44.9 Å². The Morgan fingerprint density at radius 3 is 2.65 bits per heavy atom. The van der Waals surface area contributed by atoms with Crippen LogP contribution in [0.3, 0.4) is 0 Å². The Hall–Kier alpha value is -2.60. The van der Waals surface area contributed by atoms with Crippen molar-refractivity contribution in [3.05, 3.63) is 58.3 Å². The van der Waals surface area contributed by atoms with E-state index in [9.17, 15) is 4.79 Å². The maximum atomic E-state index is 13.0. The van der Waals surface area contributed by atoms with Gasteiger partial charge in [-0.25, -0.2) is 0 Å². The van der Waals surface area contributed by atoms with Crippen molar-refractivity contribution in [1.29, 1.82) is 0 Å². The van der Waals surface area contributed by atoms with Crippen molar-refractivity contribution in [3.8, 4) is 11.5 Å². The second-order valence-corrected chi connectivity index (χ2v) is 6.88. The molecule has 0 unspecified atom stereocenters. The molecular formula is C19H18ClN3O3. The first kappa shape index (κ1) is 16.8. The number of carbonyl (C=O) groups is 1. The Kier molecular flexibility index (Phi) is 4.28. The molecule has 0 saturated heterocycles. The second kappa shape index (κ2) is 6.61. The zero-order valence-electron chi connectivity index (χ0n) is 14.5. The highest BCUT2D eigenvalue weighted by Gasteiger charge is 2.35. The van der Waals surface area contributed by atoms with Crippen LogP contribution in [0.1, 0.15) is 40.6 Å². The van der Waals surface area contributed by atoms with Crippen LogP contribution in [0.5, 0.6) is 0 Å². The Morgan fingerprint density at radius 2 is 2.00 bits per heavy atom. The summed E-state index contributed by atoms with van der Waals surface area (Å²) >= 11 is 6.18. The molecular weight excluding hydrogens is 354 g/mol. The molecule has 6 nitrogen and oxygen atoms in total. The third-order valence-corrected chi connectivity index (χ3v) is 4.73. The molecule has 0 aliphatic heterocycles. The highest BCUT2D eigenvalue weighted by molar-refractivity contribution is 6.33. The van der Waals surface area contributed by atoms with Crippen molar-refractivity contribution in [1.82, 2.24) is 15.1 Å². The summed E-state index contributed by atoms with van der Waals surface area (Å²) in [6, 6.07) is 9.26. The molecule has 0 bridgehead atoms. The van der Waals surface area contributed by atoms with Crippen molar-refractivity contribution in [2.45, 2.75) is 39.3 Å². The highest BCUT2D eigenvalue weighted by atomic mass is 35.5. The number of halogens is 1. The molecule has 1 fully saturated rings. The SMILES string of the molecule is Cc1cc(C(=O)N(Cc2nnc(-c3ccccc3Cl)o2)C2CC2)c(C)o1. The van der Waals surface area contributed by atoms with Gasteiger partial charge in [-0.3, -0.25) is 4.79 Å². The Bertz CT molecular complexity index is 959. The van der Waals surface area contributed by atoms with E-state index in [1.165, 1.54) is 0 Å². The van der Waals surface area contributed by atoms with E-state index in [-0.39, 0.29) is 18.5 Å². The summed E-state index contributed by atoms with van der Waals surface area (Å²) in [4.78, 5) is 14.7. The second-order valence-electron chi connectivity index (χ2n) is 6.47. The van der Waals surface area contributed by atoms with Crippen molar-refractivity contribution in [3.63, 3.8) is 0 Å². The zero-order valence-corrected chi connectivity index (χ0v) is 15.3. The fourth-order valence-electron chi connectivity index (χ4n) is 2.96. The standard InChI is InChI=1S/C19H18ClN3O3/c1-11-9-15(12(2)25-11)19(24)23(13-7-8-13)10-17-21-22-18(26-17)14-5-3-4-6-16(14)20/h3-6,9,13H,7-8,10H2,1-2H3. The average Bonchev–Trinajstić information content (AvgIpc) is 3.25. The van der Waals surface area contributed by atoms with E-state index in [0.717, 1.165) is 18.6 Å². The van der Waals surface area contributed by atoms with Crippen LogP contribution < -0.4 is 0 Å². The van der Waals surface area contributed by atoms with Gasteiger partial charge >= 0.3 is 0 Å². The van der Waals surface area contributed by atoms with Crippen LogP contribution >= 0.6 is 11.6 Å². The summed E-state index contributed by atoms with van der Waals surface area (Å²) in [6.07, 6.45) is 1.96. The van der Waals surface area contributed by atoms with Gasteiger partial charge in [0.15, 0.2) is 0 Å². The molecule has 0 spiro atoms. The van der Waals surface area contributed by atoms with Crippen LogP contribution in [0.15, 0.2) is 39.2 Å². The van der Waals surface area contributed by atoms with E-state index in [2.05, 4.69) is 10.2 Å². The van der Waals surface area contributed by atoms with Gasteiger partial charge in [0.1, 0.15) is 11.5 Å². The molecule has 4 rings (SSSR count). The quantitative estimate of drug-likeness (QED) is 0.664. The number of furan rings is 1. The molecule has 0 N–H and O–H groups in total. The van der Waals surface area contributed by atoms with Gasteiger partial charge in [0.2, 0.25) is 11.8 Å². The third kappa shape index (κ3) is 3.24. The minimum Gasteiger partial charge on any atom is -0.466 e. The predicted octanol–water partition coefficient (Wildman–Crippen LogP) is 4.40. The number of benzene rings is 1. The molecule has 1 aromatic carbocycles. The molecule has 0 atom stereocenters. The fourth-order valence-corrected chi connectivity index (χ4v) is 3.17. The summed E-state index contributed by atoms with van der Waals surface area (Å²) in [5, 5.41) is 8.71. The molecule has 134 valence electrons. The smallest absolute Gasteiger partial charge is 0.258 e. The van der Waals surface area contributed by atoms with Crippen molar-refractivity contribution < 1.29 is 13.6 Å². The molecule has 2 aromatic heterocycles. The lowest BCUT2D eigenvalue weighted by Gasteiger charge is -2.20. The van der Waals surface area contributed by atoms with Crippen LogP contribution in [-0.4, -0.2) is 27.0 Å². The van der Waals surface area contributed by atoms with E-state index in [4.69, 9.17) is 20.4 Å². The van der Waals surface area contributed by atoms with Crippen LogP contribution in [0.25, 0.3) is 11.5 Å². The molecule has 1 aliphatic carbocycles. The molecule has 1 aliphatic rings. The zero-order chi connectivity index (χ0) is 18.3. The van der Waals surface area contributed by atoms with Gasteiger partial charge in [-0.2, -0.15) is 0 Å². The molecule has 7 heteroatoms. The topological polar surface area (TPSA) is 72.4 Å². The summed E-state index contributed by atoms with van der Waals surface area (Å²) in [5.74, 6) is 2.02. The summed E-state index contributed by atoms with van der Waals surface area (Å²) in [7, 11) is 0. The molecule has 3 aromatic rings. The first-order valence-electron chi connectivity index (χ1n) is 8.48. The van der Waals surface area contributed by atoms with Crippen LogP contribution in [0.4, 0.5) is 0 Å². The summed E-state index contributed by atoms with van der Waals surface area (Å²) in [6.45, 7) is 3.90. The van der Waals surface area contributed by atoms with Gasteiger partial charge in [0, 0.05) is 6.04 Å². The van der Waals surface area contributed by atoms with Crippen LogP contribution in [-0.2, 0) is 6.54 Å². The molecule has 26 heavy (non-hydrogen) atoms. The first-order valence-corrected chi connectivity index (χ1v) is 8.86. The van der Waals surface area contributed by atoms with Crippen molar-refractivity contribution in [2.75, 3.05) is 0 Å². The van der Waals surface area contributed by atoms with E-state index >= 15 is 0 Å². The van der Waals surface area contributed by atoms with E-state index < -0.39 is 0 Å². The first-order chi connectivity index (χ1) is 12.5. The lowest BCUT2D eigenvalue weighted by Crippen LogP contribution is -2.32. The molecule has 0 radical (unpaired) electrons. The number of rotatable bonds is 5. The minimum absolute atomic E-state index is 0.0701. The fraction of sp³-hybridized carbons (Fsp3) is 0.316. The summed E-state index contributed by atoms with van der Waals surface area (Å²) in [5.41, 5.74) is 1.26. The number of hydrogen-bond acceptors (Lipinski definition) is 5. The van der Waals surface area contributed by atoms with Gasteiger partial charge in [-0.15, -0.1) is 10.2 Å². The number of amides is 1. The Balaban J connectivity index is 1.57. The molecule has 2 heterocycles.